The van der Waals surface area contributed by atoms with Gasteiger partial charge in [0.15, 0.2) is 0 Å². The van der Waals surface area contributed by atoms with Crippen LogP contribution in [0.4, 0.5) is 0 Å². The fourth-order valence-electron chi connectivity index (χ4n) is 2.05. The quantitative estimate of drug-likeness (QED) is 0.735. The molecule has 0 aliphatic heterocycles. The molecule has 2 rings (SSSR count). The topological polar surface area (TPSA) is 38.4 Å². The minimum atomic E-state index is 0.263. The summed E-state index contributed by atoms with van der Waals surface area (Å²) >= 11 is 0. The first-order chi connectivity index (χ1) is 7.36. The van der Waals surface area contributed by atoms with Gasteiger partial charge in [0.25, 0.3) is 0 Å². The van der Waals surface area contributed by atoms with Gasteiger partial charge in [-0.25, -0.2) is 0 Å². The summed E-state index contributed by atoms with van der Waals surface area (Å²) in [4.78, 5) is 4.58. The van der Waals surface area contributed by atoms with Gasteiger partial charge >= 0.3 is 0 Å². The van der Waals surface area contributed by atoms with Gasteiger partial charge in [0.2, 0.25) is 0 Å². The van der Waals surface area contributed by atoms with Crippen LogP contribution in [0.1, 0.15) is 31.2 Å². The van der Waals surface area contributed by atoms with E-state index in [1.165, 1.54) is 12.8 Å². The zero-order chi connectivity index (χ0) is 10.5. The summed E-state index contributed by atoms with van der Waals surface area (Å²) in [5.74, 6) is 0. The zero-order valence-corrected chi connectivity index (χ0v) is 8.97. The first-order valence-corrected chi connectivity index (χ1v) is 5.70. The molecular formula is C13H18N2. The molecule has 0 saturated heterocycles. The van der Waals surface area contributed by atoms with E-state index >= 15 is 0 Å². The molecule has 15 heavy (non-hydrogen) atoms. The van der Waals surface area contributed by atoms with Gasteiger partial charge in [-0.15, -0.1) is 0 Å². The number of hydrogen-bond donors (Lipinski definition) is 1. The van der Waals surface area contributed by atoms with Crippen LogP contribution >= 0.6 is 0 Å². The maximum atomic E-state index is 6.03. The molecule has 1 aromatic carbocycles. The van der Waals surface area contributed by atoms with Crippen LogP contribution < -0.4 is 5.73 Å². The summed E-state index contributed by atoms with van der Waals surface area (Å²) < 4.78 is 0. The molecule has 0 amide bonds. The van der Waals surface area contributed by atoms with Gasteiger partial charge in [-0.2, -0.15) is 0 Å². The van der Waals surface area contributed by atoms with Gasteiger partial charge in [-0.05, 0) is 18.4 Å². The van der Waals surface area contributed by atoms with Crippen molar-refractivity contribution < 1.29 is 0 Å². The van der Waals surface area contributed by atoms with Crippen LogP contribution in [0.15, 0.2) is 35.3 Å². The molecule has 1 saturated carbocycles. The van der Waals surface area contributed by atoms with Crippen molar-refractivity contribution in [2.24, 2.45) is 10.7 Å². The number of nitrogens with zero attached hydrogens (tertiary/aromatic N) is 1. The Morgan fingerprint density at radius 2 is 1.87 bits per heavy atom. The van der Waals surface area contributed by atoms with E-state index in [4.69, 9.17) is 5.73 Å². The summed E-state index contributed by atoms with van der Waals surface area (Å²) in [7, 11) is 0. The van der Waals surface area contributed by atoms with Gasteiger partial charge in [-0.3, -0.25) is 4.99 Å². The lowest BCUT2D eigenvalue weighted by atomic mass is 9.91. The molecule has 0 heterocycles. The number of hydrogen-bond acceptors (Lipinski definition) is 2. The molecule has 2 atom stereocenters. The molecule has 2 heteroatoms. The first-order valence-electron chi connectivity index (χ1n) is 5.70. The summed E-state index contributed by atoms with van der Waals surface area (Å²) in [6.45, 7) is 0. The summed E-state index contributed by atoms with van der Waals surface area (Å²) in [5.41, 5.74) is 7.19. The highest BCUT2D eigenvalue weighted by atomic mass is 14.9. The Morgan fingerprint density at radius 3 is 2.60 bits per heavy atom. The van der Waals surface area contributed by atoms with Gasteiger partial charge in [0.1, 0.15) is 0 Å². The van der Waals surface area contributed by atoms with Crippen LogP contribution in [0.3, 0.4) is 0 Å². The average molecular weight is 202 g/mol. The molecule has 0 radical (unpaired) electrons. The van der Waals surface area contributed by atoms with E-state index in [0.717, 1.165) is 18.4 Å². The predicted molar refractivity (Wildman–Crippen MR) is 64.3 cm³/mol. The fraction of sp³-hybridized carbons (Fsp3) is 0.462. The van der Waals surface area contributed by atoms with E-state index in [1.54, 1.807) is 0 Å². The molecule has 1 aromatic rings. The normalized spacial score (nSPS) is 27.0. The molecule has 2 nitrogen and oxygen atoms in total. The number of rotatable bonds is 2. The Labute approximate surface area is 91.2 Å². The van der Waals surface area contributed by atoms with E-state index in [9.17, 15) is 0 Å². The Balaban J connectivity index is 1.98. The molecule has 0 spiro atoms. The van der Waals surface area contributed by atoms with Crippen LogP contribution in [0.5, 0.6) is 0 Å². The molecule has 1 aliphatic carbocycles. The van der Waals surface area contributed by atoms with Crippen molar-refractivity contribution in [2.75, 3.05) is 0 Å². The second kappa shape index (κ2) is 5.08. The van der Waals surface area contributed by atoms with E-state index in [-0.39, 0.29) is 6.04 Å². The van der Waals surface area contributed by atoms with Gasteiger partial charge in [-0.1, -0.05) is 43.2 Å². The third kappa shape index (κ3) is 2.90. The van der Waals surface area contributed by atoms with Gasteiger partial charge < -0.3 is 5.73 Å². The second-order valence-corrected chi connectivity index (χ2v) is 4.20. The largest absolute Gasteiger partial charge is 0.326 e. The first kappa shape index (κ1) is 10.4. The van der Waals surface area contributed by atoms with Crippen molar-refractivity contribution >= 4 is 6.21 Å². The van der Waals surface area contributed by atoms with Crippen LogP contribution in [-0.4, -0.2) is 18.3 Å². The van der Waals surface area contributed by atoms with E-state index in [0.29, 0.717) is 6.04 Å². The summed E-state index contributed by atoms with van der Waals surface area (Å²) in [6, 6.07) is 10.8. The maximum Gasteiger partial charge on any atom is 0.0650 e. The lowest BCUT2D eigenvalue weighted by Gasteiger charge is -2.24. The van der Waals surface area contributed by atoms with Crippen molar-refractivity contribution in [1.82, 2.24) is 0 Å². The van der Waals surface area contributed by atoms with Crippen LogP contribution in [0.25, 0.3) is 0 Å². The van der Waals surface area contributed by atoms with Gasteiger partial charge in [0.05, 0.1) is 6.04 Å². The zero-order valence-electron chi connectivity index (χ0n) is 8.97. The predicted octanol–water partition coefficient (Wildman–Crippen LogP) is 2.38. The maximum absolute atomic E-state index is 6.03. The molecule has 0 aromatic heterocycles. The van der Waals surface area contributed by atoms with Crippen LogP contribution in [0, 0.1) is 0 Å². The standard InChI is InChI=1S/C13H18N2/c14-12-8-4-5-9-13(12)15-10-11-6-2-1-3-7-11/h1-3,6-7,10,12-13H,4-5,8-9,14H2. The minimum Gasteiger partial charge on any atom is -0.326 e. The van der Waals surface area contributed by atoms with Crippen LogP contribution in [-0.2, 0) is 0 Å². The molecule has 2 unspecified atom stereocenters. The average Bonchev–Trinajstić information content (AvgIpc) is 2.29. The summed E-state index contributed by atoms with van der Waals surface area (Å²) in [5, 5.41) is 0. The molecule has 1 fully saturated rings. The molecular weight excluding hydrogens is 184 g/mol. The van der Waals surface area contributed by atoms with Crippen molar-refractivity contribution in [3.05, 3.63) is 35.9 Å². The fourth-order valence-corrected chi connectivity index (χ4v) is 2.05. The lowest BCUT2D eigenvalue weighted by Crippen LogP contribution is -2.36. The monoisotopic (exact) mass is 202 g/mol. The third-order valence-electron chi connectivity index (χ3n) is 3.00. The second-order valence-electron chi connectivity index (χ2n) is 4.20. The van der Waals surface area contributed by atoms with E-state index in [2.05, 4.69) is 17.1 Å². The molecule has 80 valence electrons. The molecule has 1 aliphatic rings. The number of nitrogens with two attached hydrogens (primary N) is 1. The summed E-state index contributed by atoms with van der Waals surface area (Å²) in [6.07, 6.45) is 6.75. The number of benzene rings is 1. The molecule has 2 N–H and O–H groups in total. The Bertz CT molecular complexity index is 319. The van der Waals surface area contributed by atoms with Crippen molar-refractivity contribution in [3.8, 4) is 0 Å². The van der Waals surface area contributed by atoms with Crippen molar-refractivity contribution in [1.29, 1.82) is 0 Å². The highest BCUT2D eigenvalue weighted by molar-refractivity contribution is 5.79. The highest BCUT2D eigenvalue weighted by Crippen LogP contribution is 2.19. The van der Waals surface area contributed by atoms with E-state index < -0.39 is 0 Å². The smallest absolute Gasteiger partial charge is 0.0650 e. The Hall–Kier alpha value is -1.15. The molecule has 0 bridgehead atoms. The Morgan fingerprint density at radius 1 is 1.13 bits per heavy atom. The van der Waals surface area contributed by atoms with Crippen LogP contribution in [0.2, 0.25) is 0 Å². The third-order valence-corrected chi connectivity index (χ3v) is 3.00. The number of aliphatic imine (C=N–C) groups is 1. The lowest BCUT2D eigenvalue weighted by molar-refractivity contribution is 0.387. The van der Waals surface area contributed by atoms with E-state index in [1.807, 2.05) is 24.4 Å². The van der Waals surface area contributed by atoms with Crippen molar-refractivity contribution in [2.45, 2.75) is 37.8 Å². The highest BCUT2D eigenvalue weighted by Gasteiger charge is 2.19. The van der Waals surface area contributed by atoms with Gasteiger partial charge in [0, 0.05) is 12.3 Å². The SMILES string of the molecule is NC1CCCCC1N=Cc1ccccc1. The Kier molecular flexibility index (Phi) is 3.51. The minimum absolute atomic E-state index is 0.263. The van der Waals surface area contributed by atoms with Crippen molar-refractivity contribution in [3.63, 3.8) is 0 Å².